The fourth-order valence-electron chi connectivity index (χ4n) is 2.16. The zero-order chi connectivity index (χ0) is 12.6. The average molecular weight is 274 g/mol. The molecule has 4 nitrogen and oxygen atoms in total. The molecule has 0 fully saturated rings. The van der Waals surface area contributed by atoms with Crippen molar-refractivity contribution in [2.45, 2.75) is 12.6 Å². The van der Waals surface area contributed by atoms with Gasteiger partial charge in [0.1, 0.15) is 6.29 Å². The SMILES string of the molecule is CN1Cc2ccc(C=O)cc2C1CS(=O)(=O)Cl. The molecule has 1 aromatic rings. The second-order valence-electron chi connectivity index (χ2n) is 4.21. The fraction of sp³-hybridized carbons (Fsp3) is 0.364. The predicted molar refractivity (Wildman–Crippen MR) is 65.7 cm³/mol. The van der Waals surface area contributed by atoms with E-state index in [1.165, 1.54) is 0 Å². The molecule has 1 heterocycles. The molecular weight excluding hydrogens is 262 g/mol. The molecule has 1 atom stereocenters. The van der Waals surface area contributed by atoms with Crippen LogP contribution in [0.2, 0.25) is 0 Å². The second-order valence-corrected chi connectivity index (χ2v) is 7.03. The minimum Gasteiger partial charge on any atom is -0.298 e. The van der Waals surface area contributed by atoms with Crippen LogP contribution in [0.15, 0.2) is 18.2 Å². The highest BCUT2D eigenvalue weighted by Crippen LogP contribution is 2.34. The maximum absolute atomic E-state index is 11.2. The zero-order valence-corrected chi connectivity index (χ0v) is 10.8. The number of nitrogens with zero attached hydrogens (tertiary/aromatic N) is 1. The van der Waals surface area contributed by atoms with Crippen molar-refractivity contribution in [3.63, 3.8) is 0 Å². The summed E-state index contributed by atoms with van der Waals surface area (Å²) in [7, 11) is 3.57. The topological polar surface area (TPSA) is 54.5 Å². The van der Waals surface area contributed by atoms with Gasteiger partial charge in [-0.1, -0.05) is 12.1 Å². The molecule has 0 spiro atoms. The summed E-state index contributed by atoms with van der Waals surface area (Å²) in [5.74, 6) is -0.139. The highest BCUT2D eigenvalue weighted by molar-refractivity contribution is 8.13. The molecule has 0 amide bonds. The van der Waals surface area contributed by atoms with Crippen LogP contribution in [0, 0.1) is 0 Å². The Bertz CT molecular complexity index is 556. The van der Waals surface area contributed by atoms with Crippen LogP contribution in [0.25, 0.3) is 0 Å². The molecule has 0 saturated heterocycles. The van der Waals surface area contributed by atoms with Crippen molar-refractivity contribution >= 4 is 26.0 Å². The minimum atomic E-state index is -3.56. The number of benzene rings is 1. The molecule has 1 unspecified atom stereocenters. The summed E-state index contributed by atoms with van der Waals surface area (Å²) >= 11 is 0. The molecule has 0 aromatic heterocycles. The second kappa shape index (κ2) is 4.40. The Labute approximate surface area is 105 Å². The Morgan fingerprint density at radius 1 is 1.53 bits per heavy atom. The molecular formula is C11H12ClNO3S. The quantitative estimate of drug-likeness (QED) is 0.619. The summed E-state index contributed by atoms with van der Waals surface area (Å²) in [6.07, 6.45) is 0.755. The summed E-state index contributed by atoms with van der Waals surface area (Å²) in [5.41, 5.74) is 2.47. The number of aldehydes is 1. The van der Waals surface area contributed by atoms with Crippen LogP contribution in [-0.4, -0.2) is 32.4 Å². The predicted octanol–water partition coefficient (Wildman–Crippen LogP) is 1.55. The van der Waals surface area contributed by atoms with Crippen LogP contribution >= 0.6 is 10.7 Å². The van der Waals surface area contributed by atoms with E-state index >= 15 is 0 Å². The Morgan fingerprint density at radius 3 is 2.82 bits per heavy atom. The molecule has 0 saturated carbocycles. The number of fused-ring (bicyclic) bond motifs is 1. The van der Waals surface area contributed by atoms with Gasteiger partial charge in [0, 0.05) is 22.8 Å². The van der Waals surface area contributed by atoms with Crippen molar-refractivity contribution in [2.75, 3.05) is 12.8 Å². The van der Waals surface area contributed by atoms with Gasteiger partial charge in [0.2, 0.25) is 9.05 Å². The monoisotopic (exact) mass is 273 g/mol. The molecule has 0 aliphatic carbocycles. The van der Waals surface area contributed by atoms with E-state index in [2.05, 4.69) is 0 Å². The number of halogens is 1. The Balaban J connectivity index is 2.41. The van der Waals surface area contributed by atoms with E-state index in [4.69, 9.17) is 10.7 Å². The first-order valence-corrected chi connectivity index (χ1v) is 7.59. The normalized spacial score (nSPS) is 20.2. The molecule has 1 aromatic carbocycles. The van der Waals surface area contributed by atoms with Gasteiger partial charge in [-0.25, -0.2) is 8.42 Å². The summed E-state index contributed by atoms with van der Waals surface area (Å²) in [6.45, 7) is 0.672. The van der Waals surface area contributed by atoms with Crippen molar-refractivity contribution in [1.29, 1.82) is 0 Å². The van der Waals surface area contributed by atoms with Crippen molar-refractivity contribution < 1.29 is 13.2 Å². The third-order valence-corrected chi connectivity index (χ3v) is 4.07. The maximum atomic E-state index is 11.2. The van der Waals surface area contributed by atoms with Gasteiger partial charge < -0.3 is 0 Å². The first kappa shape index (κ1) is 12.5. The lowest BCUT2D eigenvalue weighted by Gasteiger charge is -2.18. The van der Waals surface area contributed by atoms with E-state index in [0.717, 1.165) is 17.4 Å². The number of hydrogen-bond donors (Lipinski definition) is 0. The van der Waals surface area contributed by atoms with Crippen molar-refractivity contribution in [3.8, 4) is 0 Å². The van der Waals surface area contributed by atoms with Gasteiger partial charge in [-0.3, -0.25) is 9.69 Å². The van der Waals surface area contributed by atoms with Crippen LogP contribution in [0.3, 0.4) is 0 Å². The van der Waals surface area contributed by atoms with E-state index in [1.54, 1.807) is 12.1 Å². The molecule has 2 rings (SSSR count). The highest BCUT2D eigenvalue weighted by atomic mass is 35.7. The zero-order valence-electron chi connectivity index (χ0n) is 9.26. The number of carbonyl (C=O) groups is 1. The van der Waals surface area contributed by atoms with Crippen molar-refractivity contribution in [1.82, 2.24) is 4.90 Å². The average Bonchev–Trinajstić information content (AvgIpc) is 2.53. The van der Waals surface area contributed by atoms with Crippen LogP contribution in [-0.2, 0) is 15.6 Å². The van der Waals surface area contributed by atoms with Gasteiger partial charge in [-0.2, -0.15) is 0 Å². The van der Waals surface area contributed by atoms with Gasteiger partial charge in [0.15, 0.2) is 0 Å². The molecule has 0 bridgehead atoms. The molecule has 0 radical (unpaired) electrons. The van der Waals surface area contributed by atoms with Crippen molar-refractivity contribution in [2.24, 2.45) is 0 Å². The number of hydrogen-bond acceptors (Lipinski definition) is 4. The van der Waals surface area contributed by atoms with Crippen LogP contribution in [0.4, 0.5) is 0 Å². The van der Waals surface area contributed by atoms with E-state index in [9.17, 15) is 13.2 Å². The molecule has 1 aliphatic rings. The van der Waals surface area contributed by atoms with E-state index in [0.29, 0.717) is 12.1 Å². The number of carbonyl (C=O) groups excluding carboxylic acids is 1. The fourth-order valence-corrected chi connectivity index (χ4v) is 3.33. The lowest BCUT2D eigenvalue weighted by molar-refractivity contribution is 0.112. The Kier molecular flexibility index (Phi) is 3.25. The minimum absolute atomic E-state index is 0.139. The molecule has 6 heteroatoms. The van der Waals surface area contributed by atoms with Gasteiger partial charge in [-0.05, 0) is 24.2 Å². The summed E-state index contributed by atoms with van der Waals surface area (Å²) in [4.78, 5) is 12.6. The summed E-state index contributed by atoms with van der Waals surface area (Å²) < 4.78 is 22.3. The molecule has 17 heavy (non-hydrogen) atoms. The molecule has 0 N–H and O–H groups in total. The lowest BCUT2D eigenvalue weighted by atomic mass is 10.0. The largest absolute Gasteiger partial charge is 0.298 e. The highest BCUT2D eigenvalue weighted by Gasteiger charge is 2.30. The maximum Gasteiger partial charge on any atom is 0.234 e. The van der Waals surface area contributed by atoms with Crippen LogP contribution in [0.1, 0.15) is 27.5 Å². The smallest absolute Gasteiger partial charge is 0.234 e. The van der Waals surface area contributed by atoms with Crippen molar-refractivity contribution in [3.05, 3.63) is 34.9 Å². The van der Waals surface area contributed by atoms with E-state index < -0.39 is 9.05 Å². The van der Waals surface area contributed by atoms with Gasteiger partial charge in [0.05, 0.1) is 11.8 Å². The third-order valence-electron chi connectivity index (χ3n) is 2.97. The van der Waals surface area contributed by atoms with Crippen LogP contribution in [0.5, 0.6) is 0 Å². The van der Waals surface area contributed by atoms with Crippen LogP contribution < -0.4 is 0 Å². The van der Waals surface area contributed by atoms with E-state index in [-0.39, 0.29) is 11.8 Å². The standard InChI is InChI=1S/C11H12ClNO3S/c1-13-5-9-3-2-8(6-14)4-10(9)11(13)7-17(12,15)16/h2-4,6,11H,5,7H2,1H3. The van der Waals surface area contributed by atoms with Gasteiger partial charge in [0.25, 0.3) is 0 Å². The summed E-state index contributed by atoms with van der Waals surface area (Å²) in [6, 6.07) is 5.05. The molecule has 1 aliphatic heterocycles. The van der Waals surface area contributed by atoms with Gasteiger partial charge >= 0.3 is 0 Å². The number of rotatable bonds is 3. The summed E-state index contributed by atoms with van der Waals surface area (Å²) in [5, 5.41) is 0. The first-order valence-electron chi connectivity index (χ1n) is 5.11. The first-order chi connectivity index (χ1) is 7.90. The Morgan fingerprint density at radius 2 is 2.24 bits per heavy atom. The van der Waals surface area contributed by atoms with E-state index in [1.807, 2.05) is 18.0 Å². The Hall–Kier alpha value is -0.910. The molecule has 92 valence electrons. The third kappa shape index (κ3) is 2.68. The lowest BCUT2D eigenvalue weighted by Crippen LogP contribution is -2.22. The van der Waals surface area contributed by atoms with Gasteiger partial charge in [-0.15, -0.1) is 0 Å².